The largest absolute Gasteiger partial charge is 0.479 e. The molecular formula is C22H21ClN4O3. The fourth-order valence-electron chi connectivity index (χ4n) is 3.28. The average molecular weight is 425 g/mol. The Hall–Kier alpha value is -3.32. The zero-order chi connectivity index (χ0) is 21.1. The first-order valence-electron chi connectivity index (χ1n) is 9.64. The molecule has 4 rings (SSSR count). The van der Waals surface area contributed by atoms with Gasteiger partial charge in [0, 0.05) is 36.3 Å². The Labute approximate surface area is 179 Å². The molecule has 0 aliphatic carbocycles. The predicted molar refractivity (Wildman–Crippen MR) is 114 cm³/mol. The molecule has 0 bridgehead atoms. The second kappa shape index (κ2) is 8.59. The van der Waals surface area contributed by atoms with Crippen LogP contribution in [0.25, 0.3) is 5.69 Å². The first-order chi connectivity index (χ1) is 14.5. The highest BCUT2D eigenvalue weighted by Gasteiger charge is 2.31. The maximum absolute atomic E-state index is 12.5. The molecule has 0 saturated carbocycles. The molecule has 1 aliphatic heterocycles. The van der Waals surface area contributed by atoms with Crippen LogP contribution in [0.5, 0.6) is 5.75 Å². The topological polar surface area (TPSA) is 76.5 Å². The minimum atomic E-state index is -0.568. The van der Waals surface area contributed by atoms with Crippen molar-refractivity contribution in [2.24, 2.45) is 0 Å². The van der Waals surface area contributed by atoms with Crippen LogP contribution in [0.3, 0.4) is 0 Å². The fourth-order valence-corrected chi connectivity index (χ4v) is 3.40. The van der Waals surface area contributed by atoms with Crippen molar-refractivity contribution in [3.05, 3.63) is 71.5 Å². The van der Waals surface area contributed by atoms with Crippen LogP contribution in [0.2, 0.25) is 5.02 Å². The van der Waals surface area contributed by atoms with E-state index in [0.29, 0.717) is 29.5 Å². The van der Waals surface area contributed by atoms with Gasteiger partial charge in [0.2, 0.25) is 5.91 Å². The van der Waals surface area contributed by atoms with Crippen LogP contribution < -0.4 is 15.0 Å². The van der Waals surface area contributed by atoms with E-state index in [0.717, 1.165) is 11.3 Å². The molecule has 0 spiro atoms. The number of para-hydroxylation sites is 2. The van der Waals surface area contributed by atoms with Gasteiger partial charge in [-0.05, 0) is 43.3 Å². The number of fused-ring (bicyclic) bond motifs is 1. The van der Waals surface area contributed by atoms with Crippen molar-refractivity contribution in [1.82, 2.24) is 15.1 Å². The van der Waals surface area contributed by atoms with Gasteiger partial charge in [-0.25, -0.2) is 4.68 Å². The van der Waals surface area contributed by atoms with Gasteiger partial charge >= 0.3 is 0 Å². The molecule has 2 aromatic carbocycles. The van der Waals surface area contributed by atoms with Crippen molar-refractivity contribution in [1.29, 1.82) is 0 Å². The van der Waals surface area contributed by atoms with Crippen LogP contribution in [0.1, 0.15) is 18.9 Å². The standard InChI is InChI=1S/C22H21ClN4O3/c1-15-22(29)26(19-4-2-3-5-20(19)30-15)11-10-21(28)24-12-16-13-25-27(14-16)18-8-6-17(23)7-9-18/h2-9,13-15H,10-12H2,1H3,(H,24,28). The number of carbonyl (C=O) groups is 2. The molecule has 8 heteroatoms. The van der Waals surface area contributed by atoms with Gasteiger partial charge in [0.25, 0.3) is 5.91 Å². The Morgan fingerprint density at radius 3 is 2.77 bits per heavy atom. The smallest absolute Gasteiger partial charge is 0.267 e. The highest BCUT2D eigenvalue weighted by Crippen LogP contribution is 2.33. The summed E-state index contributed by atoms with van der Waals surface area (Å²) in [6, 6.07) is 14.7. The Kier molecular flexibility index (Phi) is 5.72. The van der Waals surface area contributed by atoms with Gasteiger partial charge in [0.05, 0.1) is 17.6 Å². The predicted octanol–water partition coefficient (Wildman–Crippen LogP) is 3.35. The van der Waals surface area contributed by atoms with Crippen molar-refractivity contribution in [3.63, 3.8) is 0 Å². The van der Waals surface area contributed by atoms with E-state index in [1.807, 2.05) is 42.6 Å². The van der Waals surface area contributed by atoms with Crippen molar-refractivity contribution in [3.8, 4) is 11.4 Å². The number of benzene rings is 2. The van der Waals surface area contributed by atoms with E-state index in [2.05, 4.69) is 10.4 Å². The quantitative estimate of drug-likeness (QED) is 0.658. The zero-order valence-corrected chi connectivity index (χ0v) is 17.2. The van der Waals surface area contributed by atoms with E-state index < -0.39 is 6.10 Å². The lowest BCUT2D eigenvalue weighted by Crippen LogP contribution is -2.45. The third kappa shape index (κ3) is 4.31. The van der Waals surface area contributed by atoms with Gasteiger partial charge in [-0.15, -0.1) is 0 Å². The van der Waals surface area contributed by atoms with Crippen LogP contribution in [0.4, 0.5) is 5.69 Å². The summed E-state index contributed by atoms with van der Waals surface area (Å²) in [5.74, 6) is 0.365. The third-order valence-corrected chi connectivity index (χ3v) is 5.10. The average Bonchev–Trinajstić information content (AvgIpc) is 3.22. The second-order valence-corrected chi connectivity index (χ2v) is 7.45. The molecule has 1 aromatic heterocycles. The monoisotopic (exact) mass is 424 g/mol. The summed E-state index contributed by atoms with van der Waals surface area (Å²) in [6.07, 6.45) is 3.19. The van der Waals surface area contributed by atoms with E-state index in [4.69, 9.17) is 16.3 Å². The maximum Gasteiger partial charge on any atom is 0.267 e. The number of rotatable bonds is 6. The first-order valence-corrected chi connectivity index (χ1v) is 10.0. The van der Waals surface area contributed by atoms with Gasteiger partial charge in [-0.2, -0.15) is 5.10 Å². The lowest BCUT2D eigenvalue weighted by molar-refractivity contribution is -0.125. The summed E-state index contributed by atoms with van der Waals surface area (Å²) < 4.78 is 7.35. The summed E-state index contributed by atoms with van der Waals surface area (Å²) >= 11 is 5.91. The molecule has 7 nitrogen and oxygen atoms in total. The zero-order valence-electron chi connectivity index (χ0n) is 16.4. The number of nitrogens with one attached hydrogen (secondary N) is 1. The molecule has 1 atom stereocenters. The van der Waals surface area contributed by atoms with Gasteiger partial charge < -0.3 is 15.0 Å². The summed E-state index contributed by atoms with van der Waals surface area (Å²) in [5.41, 5.74) is 2.45. The highest BCUT2D eigenvalue weighted by atomic mass is 35.5. The van der Waals surface area contributed by atoms with Crippen LogP contribution in [0, 0.1) is 0 Å². The van der Waals surface area contributed by atoms with Gasteiger partial charge in [0.1, 0.15) is 5.75 Å². The van der Waals surface area contributed by atoms with E-state index in [1.54, 1.807) is 34.8 Å². The Bertz CT molecular complexity index is 1060. The first kappa shape index (κ1) is 20.0. The van der Waals surface area contributed by atoms with E-state index >= 15 is 0 Å². The molecular weight excluding hydrogens is 404 g/mol. The Morgan fingerprint density at radius 2 is 1.97 bits per heavy atom. The van der Waals surface area contributed by atoms with Gasteiger partial charge in [-0.3, -0.25) is 9.59 Å². The van der Waals surface area contributed by atoms with Crippen LogP contribution in [-0.2, 0) is 16.1 Å². The van der Waals surface area contributed by atoms with Crippen molar-refractivity contribution < 1.29 is 14.3 Å². The fraction of sp³-hybridized carbons (Fsp3) is 0.227. The molecule has 2 amide bonds. The summed E-state index contributed by atoms with van der Waals surface area (Å²) in [7, 11) is 0. The molecule has 1 aliphatic rings. The number of hydrogen-bond donors (Lipinski definition) is 1. The lowest BCUT2D eigenvalue weighted by Gasteiger charge is -2.32. The number of ether oxygens (including phenoxy) is 1. The number of hydrogen-bond acceptors (Lipinski definition) is 4. The summed E-state index contributed by atoms with van der Waals surface area (Å²) in [4.78, 5) is 26.5. The van der Waals surface area contributed by atoms with Crippen LogP contribution in [-0.4, -0.2) is 34.2 Å². The number of anilines is 1. The number of halogens is 1. The van der Waals surface area contributed by atoms with Crippen molar-refractivity contribution in [2.45, 2.75) is 26.0 Å². The molecule has 0 radical (unpaired) electrons. The second-order valence-electron chi connectivity index (χ2n) is 7.01. The Balaban J connectivity index is 1.33. The van der Waals surface area contributed by atoms with E-state index in [1.165, 1.54) is 0 Å². The normalized spacial score (nSPS) is 15.5. The van der Waals surface area contributed by atoms with E-state index in [9.17, 15) is 9.59 Å². The number of amides is 2. The van der Waals surface area contributed by atoms with Crippen LogP contribution >= 0.6 is 11.6 Å². The lowest BCUT2D eigenvalue weighted by atomic mass is 10.1. The molecule has 1 unspecified atom stereocenters. The summed E-state index contributed by atoms with van der Waals surface area (Å²) in [5, 5.41) is 7.85. The molecule has 0 fully saturated rings. The molecule has 30 heavy (non-hydrogen) atoms. The van der Waals surface area contributed by atoms with E-state index in [-0.39, 0.29) is 18.2 Å². The minimum Gasteiger partial charge on any atom is -0.479 e. The number of nitrogens with zero attached hydrogens (tertiary/aromatic N) is 3. The van der Waals surface area contributed by atoms with Crippen molar-refractivity contribution in [2.75, 3.05) is 11.4 Å². The molecule has 154 valence electrons. The van der Waals surface area contributed by atoms with Crippen LogP contribution in [0.15, 0.2) is 60.9 Å². The summed E-state index contributed by atoms with van der Waals surface area (Å²) in [6.45, 7) is 2.36. The number of carbonyl (C=O) groups excluding carboxylic acids is 2. The Morgan fingerprint density at radius 1 is 1.20 bits per heavy atom. The van der Waals surface area contributed by atoms with Crippen molar-refractivity contribution >= 4 is 29.1 Å². The molecule has 1 N–H and O–H groups in total. The molecule has 3 aromatic rings. The molecule has 2 heterocycles. The number of aromatic nitrogens is 2. The van der Waals surface area contributed by atoms with Gasteiger partial charge in [0.15, 0.2) is 6.10 Å². The maximum atomic E-state index is 12.5. The minimum absolute atomic E-state index is 0.140. The third-order valence-electron chi connectivity index (χ3n) is 4.85. The van der Waals surface area contributed by atoms with Gasteiger partial charge in [-0.1, -0.05) is 23.7 Å². The SMILES string of the molecule is CC1Oc2ccccc2N(CCC(=O)NCc2cnn(-c3ccc(Cl)cc3)c2)C1=O. The highest BCUT2D eigenvalue weighted by molar-refractivity contribution is 6.30. The molecule has 0 saturated heterocycles.